The summed E-state index contributed by atoms with van der Waals surface area (Å²) in [4.78, 5) is 9.18. The fourth-order valence-electron chi connectivity index (χ4n) is 3.34. The van der Waals surface area contributed by atoms with E-state index in [9.17, 15) is 0 Å². The molecule has 0 aliphatic carbocycles. The minimum absolute atomic E-state index is 0.277. The topological polar surface area (TPSA) is 73.1 Å². The number of rotatable bonds is 10. The molecule has 1 aromatic carbocycles. The molecule has 0 radical (unpaired) electrons. The number of nitrogens with two attached hydrogens (primary N) is 1. The number of benzene rings is 1. The average Bonchev–Trinajstić information content (AvgIpc) is 2.73. The first-order valence-electron chi connectivity index (χ1n) is 10.2. The van der Waals surface area contributed by atoms with Crippen molar-refractivity contribution in [3.05, 3.63) is 83.4 Å². The van der Waals surface area contributed by atoms with Gasteiger partial charge in [0.25, 0.3) is 0 Å². The van der Waals surface area contributed by atoms with Crippen molar-refractivity contribution >= 4 is 0 Å². The number of aromatic nitrogens is 2. The summed E-state index contributed by atoms with van der Waals surface area (Å²) in [7, 11) is 0. The lowest BCUT2D eigenvalue weighted by Crippen LogP contribution is -2.32. The standard InChI is InChI=1S/C24H30N4O/c1-18-14-19(2)22(28-16-18)15-20(8-6-12-25)27-17-23-24(11-7-13-26-23)29-21-9-4-3-5-10-21/h3-5,7,9-11,13-14,16,20,27H,6,8,12,15,17,25H2,1-2H3. The summed E-state index contributed by atoms with van der Waals surface area (Å²) in [5.74, 6) is 1.58. The van der Waals surface area contributed by atoms with Gasteiger partial charge in [0.15, 0.2) is 0 Å². The Labute approximate surface area is 173 Å². The van der Waals surface area contributed by atoms with E-state index in [2.05, 4.69) is 35.2 Å². The molecule has 2 heterocycles. The summed E-state index contributed by atoms with van der Waals surface area (Å²) in [5.41, 5.74) is 10.2. The molecule has 3 N–H and O–H groups in total. The first-order valence-corrected chi connectivity index (χ1v) is 10.2. The lowest BCUT2D eigenvalue weighted by atomic mass is 10.0. The number of hydrogen-bond donors (Lipinski definition) is 2. The summed E-state index contributed by atoms with van der Waals surface area (Å²) < 4.78 is 6.04. The van der Waals surface area contributed by atoms with Gasteiger partial charge >= 0.3 is 0 Å². The number of aryl methyl sites for hydroxylation is 2. The molecule has 0 amide bonds. The molecule has 0 saturated heterocycles. The highest BCUT2D eigenvalue weighted by Crippen LogP contribution is 2.23. The van der Waals surface area contributed by atoms with Crippen LogP contribution in [-0.4, -0.2) is 22.6 Å². The molecule has 3 rings (SSSR count). The van der Waals surface area contributed by atoms with Crippen LogP contribution in [0, 0.1) is 13.8 Å². The average molecular weight is 391 g/mol. The van der Waals surface area contributed by atoms with Crippen molar-refractivity contribution in [2.45, 2.75) is 45.7 Å². The summed E-state index contributed by atoms with van der Waals surface area (Å²) in [5, 5.41) is 3.65. The van der Waals surface area contributed by atoms with Gasteiger partial charge in [-0.3, -0.25) is 9.97 Å². The SMILES string of the molecule is Cc1cnc(CC(CCCN)NCc2ncccc2Oc2ccccc2)c(C)c1. The van der Waals surface area contributed by atoms with Crippen LogP contribution in [0.4, 0.5) is 0 Å². The molecular formula is C24H30N4O. The van der Waals surface area contributed by atoms with Crippen molar-refractivity contribution in [1.82, 2.24) is 15.3 Å². The van der Waals surface area contributed by atoms with Crippen LogP contribution in [0.5, 0.6) is 11.5 Å². The Balaban J connectivity index is 1.69. The molecule has 0 fully saturated rings. The van der Waals surface area contributed by atoms with E-state index in [0.29, 0.717) is 13.1 Å². The zero-order chi connectivity index (χ0) is 20.5. The molecule has 5 heteroatoms. The Bertz CT molecular complexity index is 898. The van der Waals surface area contributed by atoms with Crippen LogP contribution in [0.15, 0.2) is 60.9 Å². The third-order valence-electron chi connectivity index (χ3n) is 4.90. The number of para-hydroxylation sites is 1. The first kappa shape index (κ1) is 21.0. The van der Waals surface area contributed by atoms with Crippen LogP contribution in [-0.2, 0) is 13.0 Å². The Morgan fingerprint density at radius 2 is 1.86 bits per heavy atom. The molecular weight excluding hydrogens is 360 g/mol. The second-order valence-electron chi connectivity index (χ2n) is 7.35. The first-order chi connectivity index (χ1) is 14.2. The van der Waals surface area contributed by atoms with Crippen LogP contribution in [0.25, 0.3) is 0 Å². The van der Waals surface area contributed by atoms with Gasteiger partial charge in [-0.1, -0.05) is 24.3 Å². The second kappa shape index (κ2) is 10.7. The van der Waals surface area contributed by atoms with Gasteiger partial charge in [-0.15, -0.1) is 0 Å². The van der Waals surface area contributed by atoms with Crippen LogP contribution in [0.3, 0.4) is 0 Å². The molecule has 0 bridgehead atoms. The lowest BCUT2D eigenvalue weighted by molar-refractivity contribution is 0.438. The van der Waals surface area contributed by atoms with Crippen molar-refractivity contribution in [3.63, 3.8) is 0 Å². The lowest BCUT2D eigenvalue weighted by Gasteiger charge is -2.20. The predicted octanol–water partition coefficient (Wildman–Crippen LogP) is 4.33. The van der Waals surface area contributed by atoms with Crippen LogP contribution < -0.4 is 15.8 Å². The number of nitrogens with one attached hydrogen (secondary N) is 1. The highest BCUT2D eigenvalue weighted by Gasteiger charge is 2.14. The van der Waals surface area contributed by atoms with Gasteiger partial charge in [-0.05, 0) is 68.6 Å². The quantitative estimate of drug-likeness (QED) is 0.539. The maximum absolute atomic E-state index is 6.04. The van der Waals surface area contributed by atoms with E-state index in [4.69, 9.17) is 10.5 Å². The highest BCUT2D eigenvalue weighted by atomic mass is 16.5. The van der Waals surface area contributed by atoms with Crippen LogP contribution in [0.1, 0.15) is 35.4 Å². The Hall–Kier alpha value is -2.76. The molecule has 0 saturated carbocycles. The molecule has 152 valence electrons. The molecule has 0 spiro atoms. The molecule has 1 unspecified atom stereocenters. The van der Waals surface area contributed by atoms with E-state index in [0.717, 1.165) is 42.1 Å². The molecule has 5 nitrogen and oxygen atoms in total. The van der Waals surface area contributed by atoms with Crippen molar-refractivity contribution in [3.8, 4) is 11.5 Å². The zero-order valence-corrected chi connectivity index (χ0v) is 17.3. The van der Waals surface area contributed by atoms with Crippen molar-refractivity contribution in [2.75, 3.05) is 6.54 Å². The van der Waals surface area contributed by atoms with Gasteiger partial charge in [0.1, 0.15) is 11.5 Å². The number of nitrogens with zero attached hydrogens (tertiary/aromatic N) is 2. The minimum Gasteiger partial charge on any atom is -0.455 e. The van der Waals surface area contributed by atoms with Gasteiger partial charge in [0.2, 0.25) is 0 Å². The third-order valence-corrected chi connectivity index (χ3v) is 4.90. The van der Waals surface area contributed by atoms with Crippen molar-refractivity contribution < 1.29 is 4.74 Å². The van der Waals surface area contributed by atoms with E-state index in [1.165, 1.54) is 11.1 Å². The normalized spacial score (nSPS) is 12.0. The van der Waals surface area contributed by atoms with E-state index in [1.807, 2.05) is 48.7 Å². The second-order valence-corrected chi connectivity index (χ2v) is 7.35. The van der Waals surface area contributed by atoms with Gasteiger partial charge < -0.3 is 15.8 Å². The molecule has 0 aliphatic rings. The Morgan fingerprint density at radius 1 is 1.03 bits per heavy atom. The Kier molecular flexibility index (Phi) is 7.73. The smallest absolute Gasteiger partial charge is 0.150 e. The summed E-state index contributed by atoms with van der Waals surface area (Å²) in [6.07, 6.45) is 6.57. The molecule has 2 aromatic heterocycles. The maximum atomic E-state index is 6.04. The van der Waals surface area contributed by atoms with Gasteiger partial charge in [0.05, 0.1) is 5.69 Å². The number of hydrogen-bond acceptors (Lipinski definition) is 5. The molecule has 1 atom stereocenters. The number of ether oxygens (including phenoxy) is 1. The maximum Gasteiger partial charge on any atom is 0.150 e. The number of pyridine rings is 2. The van der Waals surface area contributed by atoms with Crippen LogP contribution in [0.2, 0.25) is 0 Å². The molecule has 3 aromatic rings. The monoisotopic (exact) mass is 390 g/mol. The van der Waals surface area contributed by atoms with Crippen molar-refractivity contribution in [1.29, 1.82) is 0 Å². The minimum atomic E-state index is 0.277. The summed E-state index contributed by atoms with van der Waals surface area (Å²) >= 11 is 0. The van der Waals surface area contributed by atoms with Crippen LogP contribution >= 0.6 is 0 Å². The van der Waals surface area contributed by atoms with Crippen molar-refractivity contribution in [2.24, 2.45) is 5.73 Å². The highest BCUT2D eigenvalue weighted by molar-refractivity contribution is 5.33. The summed E-state index contributed by atoms with van der Waals surface area (Å²) in [6.45, 7) is 5.51. The third kappa shape index (κ3) is 6.38. The van der Waals surface area contributed by atoms with Gasteiger partial charge in [-0.25, -0.2) is 0 Å². The van der Waals surface area contributed by atoms with Gasteiger partial charge in [-0.2, -0.15) is 0 Å². The van der Waals surface area contributed by atoms with Gasteiger partial charge in [0, 0.05) is 37.1 Å². The van der Waals surface area contributed by atoms with E-state index < -0.39 is 0 Å². The van der Waals surface area contributed by atoms with E-state index in [1.54, 1.807) is 6.20 Å². The Morgan fingerprint density at radius 3 is 2.62 bits per heavy atom. The predicted molar refractivity (Wildman–Crippen MR) is 117 cm³/mol. The zero-order valence-electron chi connectivity index (χ0n) is 17.3. The molecule has 29 heavy (non-hydrogen) atoms. The van der Waals surface area contributed by atoms with E-state index >= 15 is 0 Å². The fraction of sp³-hybridized carbons (Fsp3) is 0.333. The summed E-state index contributed by atoms with van der Waals surface area (Å²) in [6, 6.07) is 16.1. The van der Waals surface area contributed by atoms with E-state index in [-0.39, 0.29) is 6.04 Å². The molecule has 0 aliphatic heterocycles. The fourth-order valence-corrected chi connectivity index (χ4v) is 3.34. The largest absolute Gasteiger partial charge is 0.455 e.